The van der Waals surface area contributed by atoms with E-state index in [2.05, 4.69) is 9.80 Å². The van der Waals surface area contributed by atoms with Gasteiger partial charge in [-0.3, -0.25) is 9.80 Å². The summed E-state index contributed by atoms with van der Waals surface area (Å²) in [7, 11) is -3.03. The van der Waals surface area contributed by atoms with Gasteiger partial charge in [0.25, 0.3) is 0 Å². The zero-order valence-electron chi connectivity index (χ0n) is 11.4. The number of nitrogens with zero attached hydrogens (tertiary/aromatic N) is 2. The fourth-order valence-electron chi connectivity index (χ4n) is 3.86. The molecule has 0 bridgehead atoms. The second-order valence-electron chi connectivity index (χ2n) is 6.22. The van der Waals surface area contributed by atoms with E-state index in [0.29, 0.717) is 0 Å². The molecule has 2 atom stereocenters. The van der Waals surface area contributed by atoms with Crippen molar-refractivity contribution in [2.24, 2.45) is 0 Å². The van der Waals surface area contributed by atoms with Gasteiger partial charge in [0.05, 0.1) is 23.7 Å². The molecule has 0 aromatic heterocycles. The number of aliphatic hydroxyl groups excluding tert-OH is 1. The molecular weight excluding hydrogens is 264 g/mol. The van der Waals surface area contributed by atoms with Crippen LogP contribution in [0.5, 0.6) is 0 Å². The quantitative estimate of drug-likeness (QED) is 0.756. The van der Waals surface area contributed by atoms with E-state index in [0.717, 1.165) is 32.2 Å². The van der Waals surface area contributed by atoms with E-state index in [1.54, 1.807) is 0 Å². The Morgan fingerprint density at radius 3 is 2.00 bits per heavy atom. The van der Waals surface area contributed by atoms with Crippen LogP contribution < -0.4 is 0 Å². The van der Waals surface area contributed by atoms with Crippen molar-refractivity contribution < 1.29 is 13.5 Å². The Kier molecular flexibility index (Phi) is 3.86. The Balaban J connectivity index is 1.55. The van der Waals surface area contributed by atoms with Gasteiger partial charge >= 0.3 is 0 Å². The highest BCUT2D eigenvalue weighted by molar-refractivity contribution is 7.91. The number of hydrogen-bond donors (Lipinski definition) is 1. The molecule has 6 heteroatoms. The number of sulfone groups is 1. The summed E-state index contributed by atoms with van der Waals surface area (Å²) in [6.07, 6.45) is 4.65. The lowest BCUT2D eigenvalue weighted by Crippen LogP contribution is -2.55. The molecule has 1 saturated carbocycles. The number of aliphatic hydroxyl groups is 1. The lowest BCUT2D eigenvalue weighted by atomic mass is 10.1. The first-order chi connectivity index (χ1) is 9.05. The molecule has 3 fully saturated rings. The fraction of sp³-hybridized carbons (Fsp3) is 1.00. The van der Waals surface area contributed by atoms with E-state index >= 15 is 0 Å². The number of hydrogen-bond acceptors (Lipinski definition) is 5. The molecule has 2 unspecified atom stereocenters. The Morgan fingerprint density at radius 2 is 1.47 bits per heavy atom. The molecule has 0 aromatic rings. The Bertz CT molecular complexity index is 412. The summed E-state index contributed by atoms with van der Waals surface area (Å²) in [6, 6.07) is 0.579. The van der Waals surface area contributed by atoms with Gasteiger partial charge in [-0.15, -0.1) is 0 Å². The fourth-order valence-corrected chi connectivity index (χ4v) is 5.69. The second-order valence-corrected chi connectivity index (χ2v) is 8.38. The molecule has 3 rings (SSSR count). The van der Waals surface area contributed by atoms with Crippen molar-refractivity contribution in [1.82, 2.24) is 9.80 Å². The standard InChI is InChI=1S/C13H24N2O3S/c16-13-10-19(17,18)9-12(13)15-7-5-14(6-8-15)11-3-1-2-4-11/h11-13,16H,1-10H2. The summed E-state index contributed by atoms with van der Waals surface area (Å²) >= 11 is 0. The van der Waals surface area contributed by atoms with Crippen molar-refractivity contribution in [3.63, 3.8) is 0 Å². The third kappa shape index (κ3) is 2.96. The average molecular weight is 288 g/mol. The first-order valence-corrected chi connectivity index (χ1v) is 9.24. The van der Waals surface area contributed by atoms with Crippen LogP contribution in [0, 0.1) is 0 Å². The van der Waals surface area contributed by atoms with Crippen LogP contribution >= 0.6 is 0 Å². The van der Waals surface area contributed by atoms with Crippen LogP contribution in [0.15, 0.2) is 0 Å². The Hall–Kier alpha value is -0.170. The Morgan fingerprint density at radius 1 is 0.895 bits per heavy atom. The highest BCUT2D eigenvalue weighted by atomic mass is 32.2. The monoisotopic (exact) mass is 288 g/mol. The molecule has 2 heterocycles. The molecule has 1 aliphatic carbocycles. The normalized spacial score (nSPS) is 37.9. The first-order valence-electron chi connectivity index (χ1n) is 7.42. The summed E-state index contributed by atoms with van der Waals surface area (Å²) in [6.45, 7) is 3.84. The molecule has 19 heavy (non-hydrogen) atoms. The van der Waals surface area contributed by atoms with E-state index in [1.165, 1.54) is 25.7 Å². The lowest BCUT2D eigenvalue weighted by Gasteiger charge is -2.41. The van der Waals surface area contributed by atoms with Crippen LogP contribution in [0.3, 0.4) is 0 Å². The highest BCUT2D eigenvalue weighted by Gasteiger charge is 2.41. The smallest absolute Gasteiger partial charge is 0.154 e. The van der Waals surface area contributed by atoms with E-state index in [9.17, 15) is 13.5 Å². The zero-order valence-corrected chi connectivity index (χ0v) is 12.2. The van der Waals surface area contributed by atoms with Crippen molar-refractivity contribution in [3.8, 4) is 0 Å². The van der Waals surface area contributed by atoms with E-state index in [4.69, 9.17) is 0 Å². The molecule has 0 spiro atoms. The summed E-state index contributed by atoms with van der Waals surface area (Å²) in [5.41, 5.74) is 0. The summed E-state index contributed by atoms with van der Waals surface area (Å²) in [5.74, 6) is 0.0814. The van der Waals surface area contributed by atoms with Crippen molar-refractivity contribution in [1.29, 1.82) is 0 Å². The van der Waals surface area contributed by atoms with Gasteiger partial charge in [0.2, 0.25) is 0 Å². The van der Waals surface area contributed by atoms with Crippen LogP contribution in [0.25, 0.3) is 0 Å². The average Bonchev–Trinajstić information content (AvgIpc) is 2.97. The molecule has 3 aliphatic rings. The number of rotatable bonds is 2. The molecule has 110 valence electrons. The molecular formula is C13H24N2O3S. The third-order valence-electron chi connectivity index (χ3n) is 4.95. The number of piperazine rings is 1. The van der Waals surface area contributed by atoms with Crippen molar-refractivity contribution in [2.45, 2.75) is 43.9 Å². The highest BCUT2D eigenvalue weighted by Crippen LogP contribution is 2.26. The predicted molar refractivity (Wildman–Crippen MR) is 73.9 cm³/mol. The molecule has 1 N–H and O–H groups in total. The van der Waals surface area contributed by atoms with E-state index in [1.807, 2.05) is 0 Å². The predicted octanol–water partition coefficient (Wildman–Crippen LogP) is -0.295. The third-order valence-corrected chi connectivity index (χ3v) is 6.65. The second kappa shape index (κ2) is 5.31. The molecule has 0 radical (unpaired) electrons. The van der Waals surface area contributed by atoms with Gasteiger partial charge in [-0.25, -0.2) is 8.42 Å². The lowest BCUT2D eigenvalue weighted by molar-refractivity contribution is 0.0320. The molecule has 2 saturated heterocycles. The van der Waals surface area contributed by atoms with Gasteiger partial charge in [-0.1, -0.05) is 12.8 Å². The van der Waals surface area contributed by atoms with Crippen molar-refractivity contribution in [3.05, 3.63) is 0 Å². The van der Waals surface area contributed by atoms with Gasteiger partial charge in [0.1, 0.15) is 0 Å². The minimum atomic E-state index is -3.03. The van der Waals surface area contributed by atoms with Gasteiger partial charge in [0, 0.05) is 32.2 Å². The van der Waals surface area contributed by atoms with Crippen LogP contribution in [-0.2, 0) is 9.84 Å². The first kappa shape index (κ1) is 13.8. The van der Waals surface area contributed by atoms with Gasteiger partial charge in [-0.05, 0) is 12.8 Å². The topological polar surface area (TPSA) is 60.9 Å². The van der Waals surface area contributed by atoms with E-state index < -0.39 is 15.9 Å². The van der Waals surface area contributed by atoms with E-state index in [-0.39, 0.29) is 17.5 Å². The SMILES string of the molecule is O=S1(=O)CC(O)C(N2CCN(C3CCCC3)CC2)C1. The summed E-state index contributed by atoms with van der Waals surface area (Å²) < 4.78 is 23.1. The maximum absolute atomic E-state index is 11.6. The van der Waals surface area contributed by atoms with Crippen LogP contribution in [-0.4, -0.2) is 79.2 Å². The maximum Gasteiger partial charge on any atom is 0.154 e. The van der Waals surface area contributed by atoms with Gasteiger partial charge < -0.3 is 5.11 Å². The van der Waals surface area contributed by atoms with Crippen LogP contribution in [0.4, 0.5) is 0 Å². The Labute approximate surface area is 115 Å². The molecule has 5 nitrogen and oxygen atoms in total. The minimum Gasteiger partial charge on any atom is -0.390 e. The van der Waals surface area contributed by atoms with Crippen LogP contribution in [0.2, 0.25) is 0 Å². The maximum atomic E-state index is 11.6. The largest absolute Gasteiger partial charge is 0.390 e. The van der Waals surface area contributed by atoms with Crippen molar-refractivity contribution in [2.75, 3.05) is 37.7 Å². The summed E-state index contributed by atoms with van der Waals surface area (Å²) in [5, 5.41) is 9.92. The van der Waals surface area contributed by atoms with Gasteiger partial charge in [-0.2, -0.15) is 0 Å². The molecule has 2 aliphatic heterocycles. The zero-order chi connectivity index (χ0) is 13.5. The minimum absolute atomic E-state index is 0.0551. The molecule has 0 amide bonds. The van der Waals surface area contributed by atoms with Crippen molar-refractivity contribution >= 4 is 9.84 Å². The van der Waals surface area contributed by atoms with Gasteiger partial charge in [0.15, 0.2) is 9.84 Å². The molecule has 0 aromatic carbocycles. The van der Waals surface area contributed by atoms with Crippen LogP contribution in [0.1, 0.15) is 25.7 Å². The summed E-state index contributed by atoms with van der Waals surface area (Å²) in [4.78, 5) is 4.74.